The van der Waals surface area contributed by atoms with Crippen LogP contribution < -0.4 is 5.32 Å². The highest BCUT2D eigenvalue weighted by molar-refractivity contribution is 5.28. The summed E-state index contributed by atoms with van der Waals surface area (Å²) < 4.78 is 0. The third kappa shape index (κ3) is 3.33. The normalized spacial score (nSPS) is 19.9. The molecule has 0 amide bonds. The van der Waals surface area contributed by atoms with Crippen LogP contribution in [0.5, 0.6) is 0 Å². The first kappa shape index (κ1) is 13.6. The van der Waals surface area contributed by atoms with E-state index >= 15 is 0 Å². The SMILES string of the molecule is CCN1CCC(N[C@H](C)c2ccccc2C)CC1. The average Bonchev–Trinajstić information content (AvgIpc) is 2.40. The van der Waals surface area contributed by atoms with E-state index in [9.17, 15) is 0 Å². The third-order valence-corrected chi connectivity index (χ3v) is 4.18. The largest absolute Gasteiger partial charge is 0.307 e. The van der Waals surface area contributed by atoms with Crippen molar-refractivity contribution in [3.63, 3.8) is 0 Å². The fourth-order valence-corrected chi connectivity index (χ4v) is 2.93. The minimum absolute atomic E-state index is 0.462. The zero-order chi connectivity index (χ0) is 13.0. The maximum absolute atomic E-state index is 3.79. The van der Waals surface area contributed by atoms with Crippen LogP contribution in [0.4, 0.5) is 0 Å². The Hall–Kier alpha value is -0.860. The molecule has 0 bridgehead atoms. The van der Waals surface area contributed by atoms with Crippen LogP contribution in [0.25, 0.3) is 0 Å². The van der Waals surface area contributed by atoms with Gasteiger partial charge in [-0.1, -0.05) is 31.2 Å². The molecule has 1 aromatic carbocycles. The monoisotopic (exact) mass is 246 g/mol. The second-order valence-corrected chi connectivity index (χ2v) is 5.45. The fourth-order valence-electron chi connectivity index (χ4n) is 2.93. The predicted molar refractivity (Wildman–Crippen MR) is 77.9 cm³/mol. The Morgan fingerprint density at radius 2 is 1.94 bits per heavy atom. The van der Waals surface area contributed by atoms with Crippen LogP contribution in [-0.2, 0) is 0 Å². The van der Waals surface area contributed by atoms with Gasteiger partial charge in [-0.15, -0.1) is 0 Å². The van der Waals surface area contributed by atoms with Gasteiger partial charge in [-0.05, 0) is 57.5 Å². The van der Waals surface area contributed by atoms with Gasteiger partial charge < -0.3 is 10.2 Å². The number of rotatable bonds is 4. The molecular weight excluding hydrogens is 220 g/mol. The summed E-state index contributed by atoms with van der Waals surface area (Å²) >= 11 is 0. The topological polar surface area (TPSA) is 15.3 Å². The Kier molecular flexibility index (Phi) is 4.79. The lowest BCUT2D eigenvalue weighted by molar-refractivity contribution is 0.200. The highest BCUT2D eigenvalue weighted by Crippen LogP contribution is 2.20. The second-order valence-electron chi connectivity index (χ2n) is 5.45. The molecule has 1 N–H and O–H groups in total. The summed E-state index contributed by atoms with van der Waals surface area (Å²) in [6.07, 6.45) is 2.56. The number of aryl methyl sites for hydroxylation is 1. The smallest absolute Gasteiger partial charge is 0.0296 e. The van der Waals surface area contributed by atoms with E-state index in [1.165, 1.54) is 43.6 Å². The van der Waals surface area contributed by atoms with Gasteiger partial charge in [0.25, 0.3) is 0 Å². The van der Waals surface area contributed by atoms with E-state index in [0.717, 1.165) is 0 Å². The van der Waals surface area contributed by atoms with Gasteiger partial charge in [0.1, 0.15) is 0 Å². The van der Waals surface area contributed by atoms with Crippen LogP contribution in [-0.4, -0.2) is 30.6 Å². The van der Waals surface area contributed by atoms with Gasteiger partial charge in [0.05, 0.1) is 0 Å². The number of nitrogens with zero attached hydrogens (tertiary/aromatic N) is 1. The zero-order valence-electron chi connectivity index (χ0n) is 11.9. The Balaban J connectivity index is 1.89. The molecule has 1 atom stereocenters. The maximum Gasteiger partial charge on any atom is 0.0296 e. The maximum atomic E-state index is 3.79. The summed E-state index contributed by atoms with van der Waals surface area (Å²) in [6.45, 7) is 10.4. The lowest BCUT2D eigenvalue weighted by Crippen LogP contribution is -2.43. The fraction of sp³-hybridized carbons (Fsp3) is 0.625. The molecule has 0 aromatic heterocycles. The van der Waals surface area contributed by atoms with Crippen molar-refractivity contribution < 1.29 is 0 Å². The van der Waals surface area contributed by atoms with Crippen LogP contribution >= 0.6 is 0 Å². The molecule has 2 heteroatoms. The van der Waals surface area contributed by atoms with Gasteiger partial charge in [-0.25, -0.2) is 0 Å². The Bertz CT molecular complexity index is 367. The van der Waals surface area contributed by atoms with E-state index in [-0.39, 0.29) is 0 Å². The van der Waals surface area contributed by atoms with E-state index in [2.05, 4.69) is 55.3 Å². The number of hydrogen-bond donors (Lipinski definition) is 1. The number of nitrogens with one attached hydrogen (secondary N) is 1. The molecule has 1 heterocycles. The Labute approximate surface area is 111 Å². The van der Waals surface area contributed by atoms with Gasteiger partial charge in [0.2, 0.25) is 0 Å². The van der Waals surface area contributed by atoms with Crippen molar-refractivity contribution in [2.45, 2.75) is 45.7 Å². The highest BCUT2D eigenvalue weighted by atomic mass is 15.1. The standard InChI is InChI=1S/C16H26N2/c1-4-18-11-9-15(10-12-18)17-14(3)16-8-6-5-7-13(16)2/h5-8,14-15,17H,4,9-12H2,1-3H3/t14-/m1/s1. The minimum atomic E-state index is 0.462. The molecular formula is C16H26N2. The van der Waals surface area contributed by atoms with E-state index in [0.29, 0.717) is 12.1 Å². The van der Waals surface area contributed by atoms with Crippen LogP contribution in [0.3, 0.4) is 0 Å². The van der Waals surface area contributed by atoms with Gasteiger partial charge in [0.15, 0.2) is 0 Å². The first-order valence-corrected chi connectivity index (χ1v) is 7.24. The van der Waals surface area contributed by atoms with Gasteiger partial charge in [0, 0.05) is 12.1 Å². The summed E-state index contributed by atoms with van der Waals surface area (Å²) in [4.78, 5) is 2.54. The van der Waals surface area contributed by atoms with Gasteiger partial charge >= 0.3 is 0 Å². The lowest BCUT2D eigenvalue weighted by Gasteiger charge is -2.33. The second kappa shape index (κ2) is 6.35. The summed E-state index contributed by atoms with van der Waals surface area (Å²) in [5, 5.41) is 3.79. The molecule has 1 fully saturated rings. The Morgan fingerprint density at radius 1 is 1.28 bits per heavy atom. The van der Waals surface area contributed by atoms with Crippen molar-refractivity contribution >= 4 is 0 Å². The molecule has 1 saturated heterocycles. The van der Waals surface area contributed by atoms with E-state index in [1.807, 2.05) is 0 Å². The van der Waals surface area contributed by atoms with Crippen molar-refractivity contribution in [2.24, 2.45) is 0 Å². The number of piperidine rings is 1. The molecule has 2 rings (SSSR count). The summed E-state index contributed by atoms with van der Waals surface area (Å²) in [5.74, 6) is 0. The summed E-state index contributed by atoms with van der Waals surface area (Å²) in [6, 6.07) is 9.85. The number of likely N-dealkylation sites (tertiary alicyclic amines) is 1. The average molecular weight is 246 g/mol. The molecule has 1 aromatic rings. The summed E-state index contributed by atoms with van der Waals surface area (Å²) in [7, 11) is 0. The van der Waals surface area contributed by atoms with Crippen molar-refractivity contribution in [2.75, 3.05) is 19.6 Å². The van der Waals surface area contributed by atoms with Crippen molar-refractivity contribution in [1.82, 2.24) is 10.2 Å². The zero-order valence-corrected chi connectivity index (χ0v) is 11.9. The predicted octanol–water partition coefficient (Wildman–Crippen LogP) is 3.13. The summed E-state index contributed by atoms with van der Waals surface area (Å²) in [5.41, 5.74) is 2.83. The molecule has 0 radical (unpaired) electrons. The first-order valence-electron chi connectivity index (χ1n) is 7.24. The van der Waals surface area contributed by atoms with E-state index in [1.54, 1.807) is 0 Å². The molecule has 0 spiro atoms. The van der Waals surface area contributed by atoms with Gasteiger partial charge in [-0.3, -0.25) is 0 Å². The van der Waals surface area contributed by atoms with Crippen molar-refractivity contribution in [3.05, 3.63) is 35.4 Å². The van der Waals surface area contributed by atoms with Gasteiger partial charge in [-0.2, -0.15) is 0 Å². The molecule has 18 heavy (non-hydrogen) atoms. The molecule has 1 aliphatic heterocycles. The number of benzene rings is 1. The Morgan fingerprint density at radius 3 is 2.56 bits per heavy atom. The van der Waals surface area contributed by atoms with E-state index < -0.39 is 0 Å². The number of hydrogen-bond acceptors (Lipinski definition) is 2. The molecule has 0 aliphatic carbocycles. The van der Waals surface area contributed by atoms with Crippen molar-refractivity contribution in [1.29, 1.82) is 0 Å². The van der Waals surface area contributed by atoms with Crippen LogP contribution in [0, 0.1) is 6.92 Å². The minimum Gasteiger partial charge on any atom is -0.307 e. The molecule has 2 nitrogen and oxygen atoms in total. The highest BCUT2D eigenvalue weighted by Gasteiger charge is 2.20. The van der Waals surface area contributed by atoms with E-state index in [4.69, 9.17) is 0 Å². The third-order valence-electron chi connectivity index (χ3n) is 4.18. The first-order chi connectivity index (χ1) is 8.70. The van der Waals surface area contributed by atoms with Crippen LogP contribution in [0.15, 0.2) is 24.3 Å². The van der Waals surface area contributed by atoms with Crippen molar-refractivity contribution in [3.8, 4) is 0 Å². The molecule has 100 valence electrons. The molecule has 1 aliphatic rings. The van der Waals surface area contributed by atoms with Crippen LogP contribution in [0.1, 0.15) is 43.9 Å². The van der Waals surface area contributed by atoms with Crippen LogP contribution in [0.2, 0.25) is 0 Å². The molecule has 0 saturated carbocycles. The lowest BCUT2D eigenvalue weighted by atomic mass is 9.99. The quantitative estimate of drug-likeness (QED) is 0.878. The molecule has 0 unspecified atom stereocenters.